The second-order valence-electron chi connectivity index (χ2n) is 5.76. The summed E-state index contributed by atoms with van der Waals surface area (Å²) in [6.45, 7) is -1.10. The lowest BCUT2D eigenvalue weighted by molar-refractivity contribution is -0.213. The summed E-state index contributed by atoms with van der Waals surface area (Å²) >= 11 is 0. The van der Waals surface area contributed by atoms with Crippen molar-refractivity contribution in [3.05, 3.63) is 0 Å². The maximum absolute atomic E-state index is 12.7. The van der Waals surface area contributed by atoms with Crippen LogP contribution >= 0.6 is 0 Å². The first-order chi connectivity index (χ1) is 14.0. The third-order valence-corrected chi connectivity index (χ3v) is 6.71. The van der Waals surface area contributed by atoms with Gasteiger partial charge in [-0.3, -0.25) is 12.5 Å². The van der Waals surface area contributed by atoms with E-state index in [1.54, 1.807) is 0 Å². The first kappa shape index (κ1) is 27.3. The Kier molecular flexibility index (Phi) is 6.86. The largest absolute Gasteiger partial charge is 0.523 e. The second-order valence-corrected chi connectivity index (χ2v) is 10.4. The van der Waals surface area contributed by atoms with Crippen molar-refractivity contribution in [2.24, 2.45) is 0 Å². The standard InChI is InChI=1S/C9H7F9O11S3/c10-7(11,12)30(19,20)27-3-2-1-25-6(26-2)5(29-32(23,24)9(16,17)18)4(3)28-31(21,22)8(13,14)15/h2-6H,1H2/t2-,3-,4+,5-,6-/m1/s1. The van der Waals surface area contributed by atoms with Crippen LogP contribution in [0.3, 0.4) is 0 Å². The molecule has 0 aromatic carbocycles. The van der Waals surface area contributed by atoms with Crippen molar-refractivity contribution in [2.75, 3.05) is 6.61 Å². The topological polar surface area (TPSA) is 149 Å². The Labute approximate surface area is 171 Å². The Morgan fingerprint density at radius 3 is 1.31 bits per heavy atom. The molecule has 0 N–H and O–H groups in total. The molecule has 2 aliphatic heterocycles. The monoisotopic (exact) mass is 558 g/mol. The molecule has 2 heterocycles. The van der Waals surface area contributed by atoms with Gasteiger partial charge in [0.2, 0.25) is 0 Å². The van der Waals surface area contributed by atoms with Crippen LogP contribution in [0.2, 0.25) is 0 Å². The highest BCUT2D eigenvalue weighted by molar-refractivity contribution is 7.88. The van der Waals surface area contributed by atoms with Crippen molar-refractivity contribution in [3.8, 4) is 0 Å². The van der Waals surface area contributed by atoms with E-state index in [1.807, 2.05) is 0 Å². The summed E-state index contributed by atoms with van der Waals surface area (Å²) in [5.41, 5.74) is -18.9. The molecule has 0 spiro atoms. The summed E-state index contributed by atoms with van der Waals surface area (Å²) in [4.78, 5) is 0. The fourth-order valence-corrected chi connectivity index (χ4v) is 4.12. The molecule has 2 aliphatic rings. The third kappa shape index (κ3) is 5.23. The average Bonchev–Trinajstić information content (AvgIpc) is 2.97. The molecule has 0 aromatic rings. The zero-order valence-electron chi connectivity index (χ0n) is 14.2. The van der Waals surface area contributed by atoms with Crippen LogP contribution in [0.1, 0.15) is 0 Å². The lowest BCUT2D eigenvalue weighted by atomic mass is 10.0. The van der Waals surface area contributed by atoms with Gasteiger partial charge in [-0.05, 0) is 0 Å². The van der Waals surface area contributed by atoms with E-state index in [2.05, 4.69) is 22.0 Å². The van der Waals surface area contributed by atoms with E-state index in [0.29, 0.717) is 0 Å². The van der Waals surface area contributed by atoms with Gasteiger partial charge in [0.25, 0.3) is 0 Å². The summed E-state index contributed by atoms with van der Waals surface area (Å²) in [6, 6.07) is 0. The van der Waals surface area contributed by atoms with Gasteiger partial charge in [0.05, 0.1) is 6.61 Å². The summed E-state index contributed by atoms with van der Waals surface area (Å²) in [6.07, 6.45) is -14.3. The molecule has 2 bridgehead atoms. The summed E-state index contributed by atoms with van der Waals surface area (Å²) < 4.78 is 201. The van der Waals surface area contributed by atoms with E-state index >= 15 is 0 Å². The van der Waals surface area contributed by atoms with Gasteiger partial charge in [0, 0.05) is 0 Å². The third-order valence-electron chi connectivity index (χ3n) is 3.58. The summed E-state index contributed by atoms with van der Waals surface area (Å²) in [7, 11) is -20.4. The highest BCUT2D eigenvalue weighted by Gasteiger charge is 2.63. The van der Waals surface area contributed by atoms with E-state index < -0.39 is 84.2 Å². The molecule has 0 aromatic heterocycles. The maximum Gasteiger partial charge on any atom is 0.523 e. The number of hydrogen-bond acceptors (Lipinski definition) is 11. The van der Waals surface area contributed by atoms with Gasteiger partial charge in [-0.15, -0.1) is 0 Å². The fourth-order valence-electron chi connectivity index (χ4n) is 2.27. The van der Waals surface area contributed by atoms with Crippen molar-refractivity contribution in [3.63, 3.8) is 0 Å². The minimum atomic E-state index is -6.89. The number of hydrogen-bond donors (Lipinski definition) is 0. The maximum atomic E-state index is 12.7. The molecule has 32 heavy (non-hydrogen) atoms. The molecule has 0 saturated carbocycles. The number of alkyl halides is 9. The van der Waals surface area contributed by atoms with Crippen LogP contribution in [-0.4, -0.2) is 79.1 Å². The molecule has 190 valence electrons. The average molecular weight is 558 g/mol. The molecule has 2 fully saturated rings. The number of ether oxygens (including phenoxy) is 2. The van der Waals surface area contributed by atoms with Crippen LogP contribution in [0.15, 0.2) is 0 Å². The van der Waals surface area contributed by atoms with Crippen molar-refractivity contribution in [2.45, 2.75) is 47.2 Å². The van der Waals surface area contributed by atoms with E-state index in [1.165, 1.54) is 0 Å². The molecule has 2 saturated heterocycles. The molecular weight excluding hydrogens is 551 g/mol. The van der Waals surface area contributed by atoms with Crippen LogP contribution in [0, 0.1) is 0 Å². The van der Waals surface area contributed by atoms with Crippen LogP contribution in [-0.2, 0) is 52.4 Å². The molecule has 23 heteroatoms. The van der Waals surface area contributed by atoms with Gasteiger partial charge in [-0.1, -0.05) is 0 Å². The Hall–Kier alpha value is -0.980. The minimum Gasteiger partial charge on any atom is -0.347 e. The number of fused-ring (bicyclic) bond motifs is 2. The number of halogens is 9. The van der Waals surface area contributed by atoms with E-state index in [9.17, 15) is 64.8 Å². The van der Waals surface area contributed by atoms with Gasteiger partial charge < -0.3 is 9.47 Å². The molecule has 2 rings (SSSR count). The van der Waals surface area contributed by atoms with Crippen molar-refractivity contribution in [1.29, 1.82) is 0 Å². The summed E-state index contributed by atoms with van der Waals surface area (Å²) in [5, 5.41) is 0. The highest BCUT2D eigenvalue weighted by atomic mass is 32.2. The Balaban J connectivity index is 2.58. The SMILES string of the molecule is O=S(=O)(O[C@@H]1[C@@H](OS(=O)(=O)C(F)(F)F)[C@@H]2OC[C@@H](O2)[C@H]1OS(=O)(=O)C(F)(F)F)C(F)(F)F. The lowest BCUT2D eigenvalue weighted by Crippen LogP contribution is -2.60. The van der Waals surface area contributed by atoms with Crippen molar-refractivity contribution >= 4 is 30.4 Å². The van der Waals surface area contributed by atoms with E-state index in [4.69, 9.17) is 0 Å². The van der Waals surface area contributed by atoms with E-state index in [0.717, 1.165) is 0 Å². The number of rotatable bonds is 6. The smallest absolute Gasteiger partial charge is 0.347 e. The lowest BCUT2D eigenvalue weighted by Gasteiger charge is -2.38. The molecular formula is C9H7F9O11S3. The first-order valence-corrected chi connectivity index (χ1v) is 11.5. The van der Waals surface area contributed by atoms with Gasteiger partial charge in [0.1, 0.15) is 18.3 Å². The fraction of sp³-hybridized carbons (Fsp3) is 1.00. The van der Waals surface area contributed by atoms with Gasteiger partial charge in [-0.25, -0.2) is 0 Å². The Morgan fingerprint density at radius 2 is 0.938 bits per heavy atom. The second kappa shape index (κ2) is 8.06. The predicted octanol–water partition coefficient (Wildman–Crippen LogP) is 0.446. The van der Waals surface area contributed by atoms with Crippen molar-refractivity contribution in [1.82, 2.24) is 0 Å². The quantitative estimate of drug-likeness (QED) is 0.254. The molecule has 0 aliphatic carbocycles. The van der Waals surface area contributed by atoms with Crippen LogP contribution in [0.25, 0.3) is 0 Å². The summed E-state index contributed by atoms with van der Waals surface area (Å²) in [5.74, 6) is 0. The van der Waals surface area contributed by atoms with Crippen molar-refractivity contribution < 1.29 is 86.8 Å². The van der Waals surface area contributed by atoms with E-state index in [-0.39, 0.29) is 0 Å². The van der Waals surface area contributed by atoms with Gasteiger partial charge in [-0.2, -0.15) is 64.8 Å². The minimum absolute atomic E-state index is 1.10. The Bertz CT molecular complexity index is 968. The molecule has 0 amide bonds. The molecule has 0 unspecified atom stereocenters. The predicted molar refractivity (Wildman–Crippen MR) is 74.2 cm³/mol. The zero-order chi connectivity index (χ0) is 25.1. The molecule has 11 nitrogen and oxygen atoms in total. The van der Waals surface area contributed by atoms with Crippen LogP contribution in [0.5, 0.6) is 0 Å². The normalized spacial score (nSPS) is 30.5. The van der Waals surface area contributed by atoms with Gasteiger partial charge in [0.15, 0.2) is 12.4 Å². The van der Waals surface area contributed by atoms with Crippen LogP contribution < -0.4 is 0 Å². The first-order valence-electron chi connectivity index (χ1n) is 7.26. The molecule has 5 atom stereocenters. The molecule has 0 radical (unpaired) electrons. The van der Waals surface area contributed by atoms with Crippen LogP contribution in [0.4, 0.5) is 39.5 Å². The zero-order valence-corrected chi connectivity index (χ0v) is 16.7. The highest BCUT2D eigenvalue weighted by Crippen LogP contribution is 2.41. The van der Waals surface area contributed by atoms with Gasteiger partial charge >= 0.3 is 46.9 Å². The Morgan fingerprint density at radius 1 is 0.594 bits per heavy atom.